The summed E-state index contributed by atoms with van der Waals surface area (Å²) in [5.74, 6) is 1.45. The topological polar surface area (TPSA) is 29.1 Å². The number of fused-ring (bicyclic) bond motifs is 1. The van der Waals surface area contributed by atoms with Crippen molar-refractivity contribution in [2.45, 2.75) is 11.3 Å². The molecule has 0 atom stereocenters. The normalized spacial score (nSPS) is 14.8. The van der Waals surface area contributed by atoms with Gasteiger partial charge in [-0.2, -0.15) is 12.6 Å². The second-order valence-electron chi connectivity index (χ2n) is 3.14. The minimum atomic E-state index is 0.0884. The number of anilines is 1. The lowest BCUT2D eigenvalue weighted by atomic mass is 10.1. The van der Waals surface area contributed by atoms with Crippen LogP contribution in [-0.2, 0) is 11.2 Å². The molecule has 1 aromatic rings. The van der Waals surface area contributed by atoms with Crippen LogP contribution in [0.3, 0.4) is 0 Å². The van der Waals surface area contributed by atoms with Gasteiger partial charge < -0.3 is 5.32 Å². The summed E-state index contributed by atoms with van der Waals surface area (Å²) in [6.07, 6.45) is 0.941. The number of benzene rings is 1. The molecule has 1 N–H and O–H groups in total. The first-order valence-corrected chi connectivity index (χ1v) is 6.08. The Morgan fingerprint density at radius 2 is 2.36 bits per heavy atom. The predicted molar refractivity (Wildman–Crippen MR) is 63.4 cm³/mol. The fourth-order valence-electron chi connectivity index (χ4n) is 1.41. The summed E-state index contributed by atoms with van der Waals surface area (Å²) in [5.41, 5.74) is 2.17. The number of hydrogen-bond acceptors (Lipinski definition) is 3. The summed E-state index contributed by atoms with van der Waals surface area (Å²) in [6, 6.07) is 6.20. The van der Waals surface area contributed by atoms with Crippen molar-refractivity contribution in [2.24, 2.45) is 0 Å². The number of thiol groups is 1. The van der Waals surface area contributed by atoms with Gasteiger partial charge in [-0.3, -0.25) is 4.79 Å². The van der Waals surface area contributed by atoms with E-state index in [1.54, 1.807) is 11.8 Å². The summed E-state index contributed by atoms with van der Waals surface area (Å²) in [5, 5.41) is 2.87. The molecule has 0 saturated carbocycles. The van der Waals surface area contributed by atoms with Crippen LogP contribution in [0.1, 0.15) is 5.56 Å². The maximum Gasteiger partial charge on any atom is 0.234 e. The average Bonchev–Trinajstić information content (AvgIpc) is 2.17. The van der Waals surface area contributed by atoms with Crippen molar-refractivity contribution >= 4 is 36.0 Å². The van der Waals surface area contributed by atoms with Gasteiger partial charge in [0.2, 0.25) is 5.91 Å². The number of carbonyl (C=O) groups excluding carboxylic acids is 1. The Labute approximate surface area is 92.9 Å². The summed E-state index contributed by atoms with van der Waals surface area (Å²) < 4.78 is 0. The van der Waals surface area contributed by atoms with Crippen molar-refractivity contribution in [3.8, 4) is 0 Å². The third kappa shape index (κ3) is 2.07. The number of carbonyl (C=O) groups is 1. The fourth-order valence-corrected chi connectivity index (χ4v) is 2.46. The molecule has 14 heavy (non-hydrogen) atoms. The van der Waals surface area contributed by atoms with E-state index in [1.165, 1.54) is 5.56 Å². The van der Waals surface area contributed by atoms with Gasteiger partial charge in [0.1, 0.15) is 0 Å². The molecule has 1 heterocycles. The Hall–Kier alpha value is -0.610. The molecule has 0 aliphatic carbocycles. The van der Waals surface area contributed by atoms with Gasteiger partial charge in [0.25, 0.3) is 0 Å². The van der Waals surface area contributed by atoms with E-state index in [4.69, 9.17) is 0 Å². The van der Waals surface area contributed by atoms with Crippen LogP contribution in [-0.4, -0.2) is 17.4 Å². The van der Waals surface area contributed by atoms with Gasteiger partial charge in [-0.05, 0) is 29.9 Å². The third-order valence-corrected chi connectivity index (χ3v) is 3.37. The SMILES string of the molecule is O=C1CSc2ccc(CCS)cc2N1. The fraction of sp³-hybridized carbons (Fsp3) is 0.300. The van der Waals surface area contributed by atoms with E-state index in [9.17, 15) is 4.79 Å². The lowest BCUT2D eigenvalue weighted by molar-refractivity contribution is -0.113. The monoisotopic (exact) mass is 225 g/mol. The summed E-state index contributed by atoms with van der Waals surface area (Å²) in [6.45, 7) is 0. The zero-order valence-electron chi connectivity index (χ0n) is 7.62. The third-order valence-electron chi connectivity index (χ3n) is 2.08. The predicted octanol–water partition coefficient (Wildman–Crippen LogP) is 2.20. The lowest BCUT2D eigenvalue weighted by Crippen LogP contribution is -2.18. The van der Waals surface area contributed by atoms with Gasteiger partial charge in [-0.1, -0.05) is 6.07 Å². The van der Waals surface area contributed by atoms with Crippen LogP contribution in [0.15, 0.2) is 23.1 Å². The molecule has 0 bridgehead atoms. The lowest BCUT2D eigenvalue weighted by Gasteiger charge is -2.16. The van der Waals surface area contributed by atoms with Crippen molar-refractivity contribution in [3.63, 3.8) is 0 Å². The van der Waals surface area contributed by atoms with Crippen LogP contribution >= 0.6 is 24.4 Å². The van der Waals surface area contributed by atoms with E-state index in [0.717, 1.165) is 22.8 Å². The quantitative estimate of drug-likeness (QED) is 0.756. The molecule has 0 unspecified atom stereocenters. The van der Waals surface area contributed by atoms with Gasteiger partial charge in [0.15, 0.2) is 0 Å². The van der Waals surface area contributed by atoms with E-state index in [1.807, 2.05) is 6.07 Å². The average molecular weight is 225 g/mol. The standard InChI is InChI=1S/C10H11NOS2/c12-10-6-14-9-2-1-7(3-4-13)5-8(9)11-10/h1-2,5,13H,3-4,6H2,(H,11,12). The molecule has 0 radical (unpaired) electrons. The number of hydrogen-bond donors (Lipinski definition) is 2. The maximum absolute atomic E-state index is 11.1. The van der Waals surface area contributed by atoms with Gasteiger partial charge >= 0.3 is 0 Å². The van der Waals surface area contributed by atoms with Crippen molar-refractivity contribution in [2.75, 3.05) is 16.8 Å². The zero-order chi connectivity index (χ0) is 9.97. The summed E-state index contributed by atoms with van der Waals surface area (Å²) >= 11 is 5.78. The largest absolute Gasteiger partial charge is 0.324 e. The second-order valence-corrected chi connectivity index (χ2v) is 4.61. The molecule has 0 saturated heterocycles. The van der Waals surface area contributed by atoms with E-state index in [2.05, 4.69) is 30.1 Å². The van der Waals surface area contributed by atoms with Crippen LogP contribution < -0.4 is 5.32 Å². The highest BCUT2D eigenvalue weighted by molar-refractivity contribution is 8.00. The number of amides is 1. The first kappa shape index (κ1) is 9.93. The Kier molecular flexibility index (Phi) is 3.03. The molecule has 1 aromatic carbocycles. The zero-order valence-corrected chi connectivity index (χ0v) is 9.33. The molecular weight excluding hydrogens is 214 g/mol. The van der Waals surface area contributed by atoms with E-state index in [-0.39, 0.29) is 5.91 Å². The molecule has 4 heteroatoms. The Morgan fingerprint density at radius 3 is 3.14 bits per heavy atom. The Morgan fingerprint density at radius 1 is 1.50 bits per heavy atom. The number of aryl methyl sites for hydroxylation is 1. The molecular formula is C10H11NOS2. The minimum Gasteiger partial charge on any atom is -0.324 e. The van der Waals surface area contributed by atoms with E-state index in [0.29, 0.717) is 5.75 Å². The molecule has 1 aliphatic rings. The highest BCUT2D eigenvalue weighted by Crippen LogP contribution is 2.31. The van der Waals surface area contributed by atoms with Gasteiger partial charge in [-0.15, -0.1) is 11.8 Å². The number of rotatable bonds is 2. The highest BCUT2D eigenvalue weighted by atomic mass is 32.2. The molecule has 2 nitrogen and oxygen atoms in total. The molecule has 0 fully saturated rings. The van der Waals surface area contributed by atoms with Crippen LogP contribution in [0.4, 0.5) is 5.69 Å². The van der Waals surface area contributed by atoms with Crippen LogP contribution in [0.25, 0.3) is 0 Å². The molecule has 2 rings (SSSR count). The summed E-state index contributed by atoms with van der Waals surface area (Å²) in [4.78, 5) is 12.3. The number of thioether (sulfide) groups is 1. The number of nitrogens with one attached hydrogen (secondary N) is 1. The van der Waals surface area contributed by atoms with Crippen molar-refractivity contribution in [1.82, 2.24) is 0 Å². The molecule has 0 spiro atoms. The Balaban J connectivity index is 2.28. The summed E-state index contributed by atoms with van der Waals surface area (Å²) in [7, 11) is 0. The molecule has 1 aliphatic heterocycles. The van der Waals surface area contributed by atoms with Crippen LogP contribution in [0.5, 0.6) is 0 Å². The van der Waals surface area contributed by atoms with Gasteiger partial charge in [0.05, 0.1) is 11.4 Å². The first-order valence-electron chi connectivity index (χ1n) is 4.46. The smallest absolute Gasteiger partial charge is 0.234 e. The molecule has 74 valence electrons. The van der Waals surface area contributed by atoms with Crippen LogP contribution in [0.2, 0.25) is 0 Å². The van der Waals surface area contributed by atoms with Gasteiger partial charge in [0, 0.05) is 4.90 Å². The van der Waals surface area contributed by atoms with Crippen LogP contribution in [0, 0.1) is 0 Å². The van der Waals surface area contributed by atoms with E-state index >= 15 is 0 Å². The van der Waals surface area contributed by atoms with Crippen molar-refractivity contribution in [3.05, 3.63) is 23.8 Å². The van der Waals surface area contributed by atoms with E-state index < -0.39 is 0 Å². The Bertz CT molecular complexity index is 365. The van der Waals surface area contributed by atoms with Crippen molar-refractivity contribution < 1.29 is 4.79 Å². The molecule has 1 amide bonds. The first-order chi connectivity index (χ1) is 6.79. The second kappa shape index (κ2) is 4.28. The molecule has 0 aromatic heterocycles. The minimum absolute atomic E-state index is 0.0884. The van der Waals surface area contributed by atoms with Gasteiger partial charge in [-0.25, -0.2) is 0 Å². The highest BCUT2D eigenvalue weighted by Gasteiger charge is 2.14. The maximum atomic E-state index is 11.1. The van der Waals surface area contributed by atoms with Crippen molar-refractivity contribution in [1.29, 1.82) is 0 Å².